The van der Waals surface area contributed by atoms with Crippen molar-refractivity contribution < 1.29 is 18.7 Å². The average Bonchev–Trinajstić information content (AvgIpc) is 3.26. The summed E-state index contributed by atoms with van der Waals surface area (Å²) in [5.41, 5.74) is 3.12. The Hall–Kier alpha value is -1.98. The Morgan fingerprint density at radius 2 is 1.80 bits per heavy atom. The van der Waals surface area contributed by atoms with Crippen LogP contribution in [0.3, 0.4) is 0 Å². The van der Waals surface area contributed by atoms with Crippen LogP contribution in [0.1, 0.15) is 34.0 Å². The lowest BCUT2D eigenvalue weighted by atomic mass is 10.00. The van der Waals surface area contributed by atoms with Gasteiger partial charge >= 0.3 is 0 Å². The summed E-state index contributed by atoms with van der Waals surface area (Å²) in [5.74, 6) is -1.78. The summed E-state index contributed by atoms with van der Waals surface area (Å²) in [6, 6.07) is 10.6. The predicted octanol–water partition coefficient (Wildman–Crippen LogP) is 4.92. The smallest absolute Gasteiger partial charge is 0.256 e. The molecule has 3 rings (SSSR count). The standard InChI is InChI=1S/C25H29F2N3O2S3/c1-4-15-6-5-7-16(8-15)13-28-14-21(31)20(11-17-9-18(26)12-19(27)10-17)29-23(32)22-24(33-2)30-35-25(22)34-3/h5-10,12,20-21,28,31H,4,11,13-14H2,1-3H3,(H,29,32). The van der Waals surface area contributed by atoms with Crippen molar-refractivity contribution in [3.63, 3.8) is 0 Å². The molecular formula is C25H29F2N3O2S3. The topological polar surface area (TPSA) is 74.2 Å². The van der Waals surface area contributed by atoms with Crippen LogP contribution in [0.4, 0.5) is 8.78 Å². The zero-order valence-corrected chi connectivity index (χ0v) is 22.3. The van der Waals surface area contributed by atoms with E-state index >= 15 is 0 Å². The third kappa shape index (κ3) is 7.75. The normalized spacial score (nSPS) is 13.0. The highest BCUT2D eigenvalue weighted by Crippen LogP contribution is 2.32. The second-order valence-corrected chi connectivity index (χ2v) is 10.6. The van der Waals surface area contributed by atoms with Crippen molar-refractivity contribution in [3.05, 3.63) is 76.4 Å². The Morgan fingerprint density at radius 1 is 1.09 bits per heavy atom. The molecule has 2 unspecified atom stereocenters. The Morgan fingerprint density at radius 3 is 2.46 bits per heavy atom. The minimum atomic E-state index is -0.998. The number of aryl methyl sites for hydroxylation is 1. The first kappa shape index (κ1) is 27.6. The lowest BCUT2D eigenvalue weighted by molar-refractivity contribution is 0.0825. The first-order chi connectivity index (χ1) is 16.8. The number of hydrogen-bond donors (Lipinski definition) is 3. The van der Waals surface area contributed by atoms with Gasteiger partial charge in [0.15, 0.2) is 0 Å². The molecule has 0 bridgehead atoms. The van der Waals surface area contributed by atoms with Gasteiger partial charge in [-0.1, -0.05) is 31.2 Å². The zero-order chi connectivity index (χ0) is 25.4. The van der Waals surface area contributed by atoms with Gasteiger partial charge in [0, 0.05) is 19.2 Å². The largest absolute Gasteiger partial charge is 0.390 e. The van der Waals surface area contributed by atoms with Crippen LogP contribution in [0.25, 0.3) is 0 Å². The molecule has 1 aromatic heterocycles. The quantitative estimate of drug-likeness (QED) is 0.285. The van der Waals surface area contributed by atoms with Crippen LogP contribution >= 0.6 is 35.1 Å². The van der Waals surface area contributed by atoms with Crippen molar-refractivity contribution in [1.29, 1.82) is 0 Å². The highest BCUT2D eigenvalue weighted by Gasteiger charge is 2.27. The van der Waals surface area contributed by atoms with Gasteiger partial charge in [0.25, 0.3) is 5.91 Å². The molecule has 0 radical (unpaired) electrons. The van der Waals surface area contributed by atoms with E-state index in [1.807, 2.05) is 24.6 Å². The summed E-state index contributed by atoms with van der Waals surface area (Å²) in [6.07, 6.45) is 3.71. The number of carbonyl (C=O) groups is 1. The number of nitrogens with one attached hydrogen (secondary N) is 2. The summed E-state index contributed by atoms with van der Waals surface area (Å²) >= 11 is 4.04. The van der Waals surface area contributed by atoms with Gasteiger partial charge in [-0.05, 0) is 65.7 Å². The van der Waals surface area contributed by atoms with Crippen molar-refractivity contribution in [1.82, 2.24) is 15.0 Å². The Bertz CT molecular complexity index is 1100. The van der Waals surface area contributed by atoms with Crippen LogP contribution < -0.4 is 10.6 Å². The molecule has 2 aromatic carbocycles. The van der Waals surface area contributed by atoms with Crippen molar-refractivity contribution in [2.75, 3.05) is 19.1 Å². The average molecular weight is 538 g/mol. The van der Waals surface area contributed by atoms with E-state index in [0.717, 1.165) is 22.3 Å². The molecule has 1 amide bonds. The van der Waals surface area contributed by atoms with Gasteiger partial charge in [-0.25, -0.2) is 8.78 Å². The molecule has 0 spiro atoms. The number of nitrogens with zero attached hydrogens (tertiary/aromatic N) is 1. The van der Waals surface area contributed by atoms with E-state index in [0.29, 0.717) is 22.7 Å². The molecule has 3 N–H and O–H groups in total. The van der Waals surface area contributed by atoms with E-state index < -0.39 is 23.8 Å². The molecule has 0 aliphatic rings. The van der Waals surface area contributed by atoms with Crippen LogP contribution in [0, 0.1) is 11.6 Å². The SMILES string of the molecule is CCc1cccc(CNCC(O)C(Cc2cc(F)cc(F)c2)NC(=O)c2c(SC)nsc2SC)c1. The maximum atomic E-state index is 13.8. The fourth-order valence-corrected chi connectivity index (χ4v) is 5.98. The fourth-order valence-electron chi connectivity index (χ4n) is 3.70. The van der Waals surface area contributed by atoms with E-state index in [1.165, 1.54) is 52.8 Å². The van der Waals surface area contributed by atoms with Gasteiger partial charge in [0.1, 0.15) is 16.7 Å². The highest BCUT2D eigenvalue weighted by molar-refractivity contribution is 8.01. The molecule has 1 heterocycles. The zero-order valence-electron chi connectivity index (χ0n) is 19.8. The van der Waals surface area contributed by atoms with E-state index in [4.69, 9.17) is 0 Å². The molecular weight excluding hydrogens is 508 g/mol. The van der Waals surface area contributed by atoms with Gasteiger partial charge in [-0.2, -0.15) is 4.37 Å². The maximum absolute atomic E-state index is 13.8. The van der Waals surface area contributed by atoms with Gasteiger partial charge in [0.05, 0.1) is 21.9 Å². The number of halogens is 2. The van der Waals surface area contributed by atoms with E-state index in [1.54, 1.807) is 0 Å². The number of rotatable bonds is 12. The molecule has 0 fully saturated rings. The van der Waals surface area contributed by atoms with Crippen LogP contribution in [0.5, 0.6) is 0 Å². The van der Waals surface area contributed by atoms with Crippen molar-refractivity contribution in [2.24, 2.45) is 0 Å². The fraction of sp³-hybridized carbons (Fsp3) is 0.360. The molecule has 188 valence electrons. The summed E-state index contributed by atoms with van der Waals surface area (Å²) in [6.45, 7) is 2.82. The monoisotopic (exact) mass is 537 g/mol. The number of aliphatic hydroxyl groups is 1. The Balaban J connectivity index is 1.76. The van der Waals surface area contributed by atoms with E-state index in [9.17, 15) is 18.7 Å². The Labute approximate surface area is 217 Å². The van der Waals surface area contributed by atoms with Crippen LogP contribution in [-0.4, -0.2) is 46.6 Å². The van der Waals surface area contributed by atoms with Gasteiger partial charge < -0.3 is 15.7 Å². The molecule has 35 heavy (non-hydrogen) atoms. The van der Waals surface area contributed by atoms with Crippen LogP contribution in [0.15, 0.2) is 51.7 Å². The summed E-state index contributed by atoms with van der Waals surface area (Å²) < 4.78 is 32.7. The molecule has 0 aliphatic heterocycles. The molecule has 0 saturated carbocycles. The Kier molecular flexibility index (Phi) is 10.5. The number of benzene rings is 2. The number of hydrogen-bond acceptors (Lipinski definition) is 7. The molecule has 3 aromatic rings. The predicted molar refractivity (Wildman–Crippen MR) is 141 cm³/mol. The lowest BCUT2D eigenvalue weighted by Gasteiger charge is -2.25. The number of aromatic nitrogens is 1. The van der Waals surface area contributed by atoms with Crippen molar-refractivity contribution in [3.8, 4) is 0 Å². The van der Waals surface area contributed by atoms with Crippen LogP contribution in [0.2, 0.25) is 0 Å². The first-order valence-electron chi connectivity index (χ1n) is 11.1. The van der Waals surface area contributed by atoms with E-state index in [2.05, 4.69) is 34.1 Å². The maximum Gasteiger partial charge on any atom is 0.256 e. The number of thioether (sulfide) groups is 2. The molecule has 0 saturated heterocycles. The first-order valence-corrected chi connectivity index (χ1v) is 14.4. The highest BCUT2D eigenvalue weighted by atomic mass is 32.2. The van der Waals surface area contributed by atoms with E-state index in [-0.39, 0.29) is 18.9 Å². The van der Waals surface area contributed by atoms with Crippen LogP contribution in [-0.2, 0) is 19.4 Å². The molecule has 0 aliphatic carbocycles. The second-order valence-electron chi connectivity index (χ2n) is 7.99. The van der Waals surface area contributed by atoms with Gasteiger partial charge in [-0.15, -0.1) is 23.5 Å². The van der Waals surface area contributed by atoms with Crippen molar-refractivity contribution in [2.45, 2.75) is 47.7 Å². The van der Waals surface area contributed by atoms with Crippen molar-refractivity contribution >= 4 is 41.0 Å². The van der Waals surface area contributed by atoms with Gasteiger partial charge in [-0.3, -0.25) is 4.79 Å². The third-order valence-electron chi connectivity index (χ3n) is 5.48. The molecule has 10 heteroatoms. The summed E-state index contributed by atoms with van der Waals surface area (Å²) in [4.78, 5) is 13.2. The second kappa shape index (κ2) is 13.4. The minimum Gasteiger partial charge on any atom is -0.390 e. The van der Waals surface area contributed by atoms with Gasteiger partial charge in [0.2, 0.25) is 0 Å². The summed E-state index contributed by atoms with van der Waals surface area (Å²) in [5, 5.41) is 17.7. The number of amides is 1. The lowest BCUT2D eigenvalue weighted by Crippen LogP contribution is -2.48. The summed E-state index contributed by atoms with van der Waals surface area (Å²) in [7, 11) is 0. The minimum absolute atomic E-state index is 0.0648. The number of aliphatic hydroxyl groups excluding tert-OH is 1. The number of carbonyl (C=O) groups excluding carboxylic acids is 1. The molecule has 2 atom stereocenters. The third-order valence-corrected chi connectivity index (χ3v) is 8.22. The molecule has 5 nitrogen and oxygen atoms in total.